The van der Waals surface area contributed by atoms with Crippen LogP contribution in [0.1, 0.15) is 43.2 Å². The minimum Gasteiger partial charge on any atom is -0.377 e. The molecule has 1 aromatic heterocycles. The molecule has 0 radical (unpaired) electrons. The van der Waals surface area contributed by atoms with Crippen molar-refractivity contribution in [2.45, 2.75) is 32.7 Å². The van der Waals surface area contributed by atoms with Gasteiger partial charge in [-0.2, -0.15) is 0 Å². The molecular formula is C19H21NS. The van der Waals surface area contributed by atoms with Crippen LogP contribution in [0.4, 0.5) is 5.69 Å². The Labute approximate surface area is 130 Å². The first-order valence-corrected chi connectivity index (χ1v) is 8.30. The van der Waals surface area contributed by atoms with Crippen molar-refractivity contribution < 1.29 is 0 Å². The quantitative estimate of drug-likeness (QED) is 0.604. The predicted octanol–water partition coefficient (Wildman–Crippen LogP) is 6.20. The Morgan fingerprint density at radius 2 is 1.62 bits per heavy atom. The number of thiophene rings is 1. The summed E-state index contributed by atoms with van der Waals surface area (Å²) in [5.41, 5.74) is 2.63. The van der Waals surface area contributed by atoms with E-state index < -0.39 is 0 Å². The number of hydrogen-bond donors (Lipinski definition) is 1. The molecule has 2 heteroatoms. The van der Waals surface area contributed by atoms with Crippen LogP contribution in [0.15, 0.2) is 54.6 Å². The average Bonchev–Trinajstić information content (AvgIpc) is 2.91. The lowest BCUT2D eigenvalue weighted by atomic mass is 10.0. The number of nitrogens with one attached hydrogen (secondary N) is 1. The largest absolute Gasteiger partial charge is 0.377 e. The van der Waals surface area contributed by atoms with Gasteiger partial charge in [-0.25, -0.2) is 0 Å². The standard InChI is InChI=1S/C19H21NS/c1-13(2)16-9-5-6-10-17(16)20-14(3)19-12-15-8-4-7-11-18(15)21-19/h4-14,20H,1-3H3. The summed E-state index contributed by atoms with van der Waals surface area (Å²) in [5, 5.41) is 5.02. The third-order valence-electron chi connectivity index (χ3n) is 3.83. The molecule has 1 atom stereocenters. The van der Waals surface area contributed by atoms with Crippen LogP contribution in [-0.2, 0) is 0 Å². The Morgan fingerprint density at radius 3 is 2.38 bits per heavy atom. The monoisotopic (exact) mass is 295 g/mol. The molecule has 3 rings (SSSR count). The maximum Gasteiger partial charge on any atom is 0.0579 e. The minimum atomic E-state index is 0.322. The Bertz CT molecular complexity index is 709. The highest BCUT2D eigenvalue weighted by Crippen LogP contribution is 2.33. The first-order chi connectivity index (χ1) is 10.1. The van der Waals surface area contributed by atoms with E-state index in [9.17, 15) is 0 Å². The van der Waals surface area contributed by atoms with Crippen molar-refractivity contribution in [3.05, 3.63) is 65.0 Å². The van der Waals surface area contributed by atoms with E-state index in [1.807, 2.05) is 11.3 Å². The fourth-order valence-corrected chi connectivity index (χ4v) is 3.72. The first kappa shape index (κ1) is 14.2. The van der Waals surface area contributed by atoms with E-state index in [1.54, 1.807) is 0 Å². The molecule has 1 nitrogen and oxygen atoms in total. The third-order valence-corrected chi connectivity index (χ3v) is 5.12. The molecule has 1 N–H and O–H groups in total. The molecule has 21 heavy (non-hydrogen) atoms. The van der Waals surface area contributed by atoms with E-state index in [0.29, 0.717) is 12.0 Å². The Hall–Kier alpha value is -1.80. The molecule has 0 spiro atoms. The molecule has 0 aliphatic heterocycles. The fourth-order valence-electron chi connectivity index (χ4n) is 2.65. The van der Waals surface area contributed by atoms with Crippen molar-refractivity contribution in [2.24, 2.45) is 0 Å². The zero-order valence-corrected chi connectivity index (χ0v) is 13.6. The van der Waals surface area contributed by atoms with Gasteiger partial charge in [-0.05, 0) is 42.0 Å². The molecule has 1 unspecified atom stereocenters. The van der Waals surface area contributed by atoms with E-state index >= 15 is 0 Å². The van der Waals surface area contributed by atoms with Crippen LogP contribution in [0.3, 0.4) is 0 Å². The molecule has 1 heterocycles. The molecule has 0 aliphatic carbocycles. The maximum atomic E-state index is 3.68. The van der Waals surface area contributed by atoms with Crippen LogP contribution in [0.5, 0.6) is 0 Å². The van der Waals surface area contributed by atoms with E-state index in [0.717, 1.165) is 0 Å². The number of benzene rings is 2. The Kier molecular flexibility index (Phi) is 3.98. The SMILES string of the molecule is CC(C)c1ccccc1NC(C)c1cc2ccccc2s1. The second-order valence-electron chi connectivity index (χ2n) is 5.79. The molecule has 0 fully saturated rings. The molecule has 2 aromatic carbocycles. The summed E-state index contributed by atoms with van der Waals surface area (Å²) in [6.07, 6.45) is 0. The van der Waals surface area contributed by atoms with E-state index in [1.165, 1.54) is 26.2 Å². The second kappa shape index (κ2) is 5.90. The number of rotatable bonds is 4. The van der Waals surface area contributed by atoms with Crippen LogP contribution in [0.2, 0.25) is 0 Å². The summed E-state index contributed by atoms with van der Waals surface area (Å²) >= 11 is 1.88. The van der Waals surface area contributed by atoms with Gasteiger partial charge in [0.1, 0.15) is 0 Å². The summed E-state index contributed by atoms with van der Waals surface area (Å²) < 4.78 is 1.36. The normalized spacial score (nSPS) is 12.8. The summed E-state index contributed by atoms with van der Waals surface area (Å²) in [7, 11) is 0. The lowest BCUT2D eigenvalue weighted by molar-refractivity contribution is 0.848. The van der Waals surface area contributed by atoms with Gasteiger partial charge in [0.05, 0.1) is 6.04 Å². The lowest BCUT2D eigenvalue weighted by Crippen LogP contribution is -2.07. The highest BCUT2D eigenvalue weighted by atomic mass is 32.1. The van der Waals surface area contributed by atoms with Crippen LogP contribution >= 0.6 is 11.3 Å². The van der Waals surface area contributed by atoms with Crippen LogP contribution in [0, 0.1) is 0 Å². The maximum absolute atomic E-state index is 3.68. The summed E-state index contributed by atoms with van der Waals surface area (Å²) in [6, 6.07) is 19.8. The van der Waals surface area contributed by atoms with Gasteiger partial charge >= 0.3 is 0 Å². The van der Waals surface area contributed by atoms with E-state index in [-0.39, 0.29) is 0 Å². The summed E-state index contributed by atoms with van der Waals surface area (Å²) in [6.45, 7) is 6.72. The first-order valence-electron chi connectivity index (χ1n) is 7.49. The van der Waals surface area contributed by atoms with Crippen molar-refractivity contribution in [3.8, 4) is 0 Å². The van der Waals surface area contributed by atoms with Crippen molar-refractivity contribution >= 4 is 27.1 Å². The highest BCUT2D eigenvalue weighted by Gasteiger charge is 2.12. The summed E-state index contributed by atoms with van der Waals surface area (Å²) in [5.74, 6) is 0.531. The van der Waals surface area contributed by atoms with E-state index in [2.05, 4.69) is 80.7 Å². The highest BCUT2D eigenvalue weighted by molar-refractivity contribution is 7.19. The molecule has 3 aromatic rings. The molecular weight excluding hydrogens is 274 g/mol. The smallest absolute Gasteiger partial charge is 0.0579 e. The number of para-hydroxylation sites is 1. The van der Waals surface area contributed by atoms with Gasteiger partial charge in [-0.1, -0.05) is 50.2 Å². The van der Waals surface area contributed by atoms with Crippen molar-refractivity contribution in [1.82, 2.24) is 0 Å². The zero-order chi connectivity index (χ0) is 14.8. The Morgan fingerprint density at radius 1 is 0.905 bits per heavy atom. The molecule has 0 saturated carbocycles. The molecule has 0 bridgehead atoms. The fraction of sp³-hybridized carbons (Fsp3) is 0.263. The van der Waals surface area contributed by atoms with Crippen LogP contribution in [-0.4, -0.2) is 0 Å². The van der Waals surface area contributed by atoms with Gasteiger partial charge in [-0.15, -0.1) is 11.3 Å². The lowest BCUT2D eigenvalue weighted by Gasteiger charge is -2.18. The van der Waals surface area contributed by atoms with Gasteiger partial charge in [0, 0.05) is 15.3 Å². The van der Waals surface area contributed by atoms with Crippen molar-refractivity contribution in [3.63, 3.8) is 0 Å². The van der Waals surface area contributed by atoms with Crippen LogP contribution in [0.25, 0.3) is 10.1 Å². The molecule has 0 amide bonds. The topological polar surface area (TPSA) is 12.0 Å². The third kappa shape index (κ3) is 2.96. The van der Waals surface area contributed by atoms with Gasteiger partial charge in [0.25, 0.3) is 0 Å². The minimum absolute atomic E-state index is 0.322. The molecule has 108 valence electrons. The predicted molar refractivity (Wildman–Crippen MR) is 94.4 cm³/mol. The number of anilines is 1. The van der Waals surface area contributed by atoms with Crippen LogP contribution < -0.4 is 5.32 Å². The van der Waals surface area contributed by atoms with E-state index in [4.69, 9.17) is 0 Å². The average molecular weight is 295 g/mol. The molecule has 0 saturated heterocycles. The van der Waals surface area contributed by atoms with Gasteiger partial charge in [0.15, 0.2) is 0 Å². The molecule has 0 aliphatic rings. The Balaban J connectivity index is 1.87. The van der Waals surface area contributed by atoms with Gasteiger partial charge in [0.2, 0.25) is 0 Å². The van der Waals surface area contributed by atoms with Gasteiger partial charge in [-0.3, -0.25) is 0 Å². The van der Waals surface area contributed by atoms with Gasteiger partial charge < -0.3 is 5.32 Å². The second-order valence-corrected chi connectivity index (χ2v) is 6.91. The van der Waals surface area contributed by atoms with Crippen molar-refractivity contribution in [2.75, 3.05) is 5.32 Å². The van der Waals surface area contributed by atoms with Crippen molar-refractivity contribution in [1.29, 1.82) is 0 Å². The summed E-state index contributed by atoms with van der Waals surface area (Å²) in [4.78, 5) is 1.38. The zero-order valence-electron chi connectivity index (χ0n) is 12.8. The number of fused-ring (bicyclic) bond motifs is 1. The number of hydrogen-bond acceptors (Lipinski definition) is 2.